The van der Waals surface area contributed by atoms with Crippen molar-refractivity contribution in [2.75, 3.05) is 5.32 Å². The second-order valence-electron chi connectivity index (χ2n) is 4.90. The molecule has 2 N–H and O–H groups in total. The molecule has 0 spiro atoms. The SMILES string of the molecule is CC(C)(C)OC(=O)Nc1ccc2c(I)n[nH]c2c1. The lowest BCUT2D eigenvalue weighted by atomic mass is 10.2. The third-order valence-electron chi connectivity index (χ3n) is 2.16. The molecular formula is C12H14IN3O2. The molecule has 0 saturated carbocycles. The average molecular weight is 359 g/mol. The van der Waals surface area contributed by atoms with E-state index in [1.54, 1.807) is 0 Å². The maximum atomic E-state index is 11.6. The highest BCUT2D eigenvalue weighted by molar-refractivity contribution is 14.1. The van der Waals surface area contributed by atoms with Gasteiger partial charge in [-0.1, -0.05) is 0 Å². The van der Waals surface area contributed by atoms with E-state index in [0.29, 0.717) is 5.69 Å². The van der Waals surface area contributed by atoms with Gasteiger partial charge in [0.1, 0.15) is 9.30 Å². The van der Waals surface area contributed by atoms with Crippen LogP contribution in [0, 0.1) is 3.70 Å². The number of amides is 1. The summed E-state index contributed by atoms with van der Waals surface area (Å²) in [6.07, 6.45) is -0.462. The first kappa shape index (κ1) is 13.1. The molecule has 0 atom stereocenters. The zero-order valence-corrected chi connectivity index (χ0v) is 12.5. The molecule has 6 heteroatoms. The van der Waals surface area contributed by atoms with Crippen molar-refractivity contribution < 1.29 is 9.53 Å². The molecule has 1 aromatic carbocycles. The average Bonchev–Trinajstić information content (AvgIpc) is 2.57. The van der Waals surface area contributed by atoms with Crippen molar-refractivity contribution in [1.29, 1.82) is 0 Å². The number of carbonyl (C=O) groups excluding carboxylic acids is 1. The maximum absolute atomic E-state index is 11.6. The Morgan fingerprint density at radius 3 is 2.83 bits per heavy atom. The van der Waals surface area contributed by atoms with Crippen LogP contribution in [0.4, 0.5) is 10.5 Å². The largest absolute Gasteiger partial charge is 0.444 e. The van der Waals surface area contributed by atoms with Crippen LogP contribution < -0.4 is 5.32 Å². The van der Waals surface area contributed by atoms with Crippen LogP contribution in [0.3, 0.4) is 0 Å². The first-order valence-corrected chi connectivity index (χ1v) is 6.57. The summed E-state index contributed by atoms with van der Waals surface area (Å²) in [4.78, 5) is 11.6. The number of carbonyl (C=O) groups is 1. The molecule has 18 heavy (non-hydrogen) atoms. The predicted molar refractivity (Wildman–Crippen MR) is 78.7 cm³/mol. The van der Waals surface area contributed by atoms with Crippen molar-refractivity contribution in [3.05, 3.63) is 21.9 Å². The number of ether oxygens (including phenoxy) is 1. The number of anilines is 1. The minimum Gasteiger partial charge on any atom is -0.444 e. The molecule has 2 aromatic rings. The third-order valence-corrected chi connectivity index (χ3v) is 2.98. The Bertz CT molecular complexity index is 587. The highest BCUT2D eigenvalue weighted by Crippen LogP contribution is 2.21. The van der Waals surface area contributed by atoms with Crippen LogP contribution in [-0.4, -0.2) is 21.9 Å². The number of fused-ring (bicyclic) bond motifs is 1. The zero-order chi connectivity index (χ0) is 13.3. The molecule has 1 heterocycles. The molecule has 0 aliphatic carbocycles. The van der Waals surface area contributed by atoms with Gasteiger partial charge in [0.25, 0.3) is 0 Å². The number of aromatic amines is 1. The topological polar surface area (TPSA) is 67.0 Å². The molecule has 1 amide bonds. The van der Waals surface area contributed by atoms with Gasteiger partial charge < -0.3 is 4.74 Å². The van der Waals surface area contributed by atoms with E-state index in [2.05, 4.69) is 38.1 Å². The minimum atomic E-state index is -0.502. The lowest BCUT2D eigenvalue weighted by Gasteiger charge is -2.19. The van der Waals surface area contributed by atoms with E-state index < -0.39 is 11.7 Å². The molecule has 0 aliphatic rings. The zero-order valence-electron chi connectivity index (χ0n) is 10.4. The summed E-state index contributed by atoms with van der Waals surface area (Å²) in [5.41, 5.74) is 1.06. The molecule has 5 nitrogen and oxygen atoms in total. The molecule has 96 valence electrons. The van der Waals surface area contributed by atoms with Crippen LogP contribution in [0.25, 0.3) is 10.9 Å². The number of halogens is 1. The monoisotopic (exact) mass is 359 g/mol. The van der Waals surface area contributed by atoms with Crippen molar-refractivity contribution in [2.45, 2.75) is 26.4 Å². The fourth-order valence-electron chi connectivity index (χ4n) is 1.49. The van der Waals surface area contributed by atoms with Crippen LogP contribution >= 0.6 is 22.6 Å². The van der Waals surface area contributed by atoms with Crippen molar-refractivity contribution >= 4 is 45.3 Å². The third kappa shape index (κ3) is 3.12. The summed E-state index contributed by atoms with van der Waals surface area (Å²) in [5, 5.41) is 10.7. The van der Waals surface area contributed by atoms with Crippen LogP contribution in [-0.2, 0) is 4.74 Å². The standard InChI is InChI=1S/C12H14IN3O2/c1-12(2,3)18-11(17)14-7-4-5-8-9(6-7)15-16-10(8)13/h4-6H,1-3H3,(H,14,17)(H,15,16). The number of hydrogen-bond acceptors (Lipinski definition) is 3. The molecule has 0 saturated heterocycles. The normalized spacial score (nSPS) is 11.6. The highest BCUT2D eigenvalue weighted by Gasteiger charge is 2.16. The van der Waals surface area contributed by atoms with E-state index in [1.165, 1.54) is 0 Å². The van der Waals surface area contributed by atoms with Crippen LogP contribution in [0.5, 0.6) is 0 Å². The van der Waals surface area contributed by atoms with E-state index in [-0.39, 0.29) is 0 Å². The molecule has 0 radical (unpaired) electrons. The Labute approximate surface area is 118 Å². The number of H-pyrrole nitrogens is 1. The summed E-state index contributed by atoms with van der Waals surface area (Å²) < 4.78 is 6.09. The highest BCUT2D eigenvalue weighted by atomic mass is 127. The molecule has 0 fully saturated rings. The van der Waals surface area contributed by atoms with Crippen LogP contribution in [0.15, 0.2) is 18.2 Å². The van der Waals surface area contributed by atoms with E-state index in [1.807, 2.05) is 39.0 Å². The van der Waals surface area contributed by atoms with Crippen LogP contribution in [0.2, 0.25) is 0 Å². The van der Waals surface area contributed by atoms with E-state index in [4.69, 9.17) is 4.74 Å². The van der Waals surface area contributed by atoms with Gasteiger partial charge in [-0.3, -0.25) is 10.4 Å². The van der Waals surface area contributed by atoms with Gasteiger partial charge in [0, 0.05) is 11.1 Å². The molecule has 1 aromatic heterocycles. The Morgan fingerprint density at radius 1 is 1.44 bits per heavy atom. The second-order valence-corrected chi connectivity index (χ2v) is 5.92. The van der Waals surface area contributed by atoms with E-state index >= 15 is 0 Å². The Morgan fingerprint density at radius 2 is 2.17 bits per heavy atom. The number of nitrogens with one attached hydrogen (secondary N) is 2. The molecule has 0 aliphatic heterocycles. The summed E-state index contributed by atoms with van der Waals surface area (Å²) in [6.45, 7) is 5.48. The van der Waals surface area contributed by atoms with Crippen LogP contribution in [0.1, 0.15) is 20.8 Å². The predicted octanol–water partition coefficient (Wildman–Crippen LogP) is 3.51. The molecular weight excluding hydrogens is 345 g/mol. The number of nitrogens with zero attached hydrogens (tertiary/aromatic N) is 1. The number of rotatable bonds is 1. The van der Waals surface area contributed by atoms with Gasteiger partial charge in [-0.15, -0.1) is 0 Å². The van der Waals surface area contributed by atoms with Crippen molar-refractivity contribution in [3.63, 3.8) is 0 Å². The first-order valence-electron chi connectivity index (χ1n) is 5.49. The molecule has 0 bridgehead atoms. The van der Waals surface area contributed by atoms with Gasteiger partial charge in [0.2, 0.25) is 0 Å². The summed E-state index contributed by atoms with van der Waals surface area (Å²) in [5.74, 6) is 0. The lowest BCUT2D eigenvalue weighted by molar-refractivity contribution is 0.0636. The fourth-order valence-corrected chi connectivity index (χ4v) is 2.08. The van der Waals surface area contributed by atoms with Crippen molar-refractivity contribution in [2.24, 2.45) is 0 Å². The Hall–Kier alpha value is -1.31. The first-order chi connectivity index (χ1) is 8.35. The molecule has 2 rings (SSSR count). The fraction of sp³-hybridized carbons (Fsp3) is 0.333. The molecule has 0 unspecified atom stereocenters. The van der Waals surface area contributed by atoms with Gasteiger partial charge in [-0.25, -0.2) is 4.79 Å². The summed E-state index contributed by atoms with van der Waals surface area (Å²) in [7, 11) is 0. The summed E-state index contributed by atoms with van der Waals surface area (Å²) in [6, 6.07) is 5.56. The number of benzene rings is 1. The summed E-state index contributed by atoms with van der Waals surface area (Å²) >= 11 is 2.15. The maximum Gasteiger partial charge on any atom is 0.412 e. The second kappa shape index (κ2) is 4.75. The smallest absolute Gasteiger partial charge is 0.412 e. The van der Waals surface area contributed by atoms with Crippen molar-refractivity contribution in [1.82, 2.24) is 10.2 Å². The van der Waals surface area contributed by atoms with Gasteiger partial charge in [-0.05, 0) is 61.6 Å². The Balaban J connectivity index is 2.15. The van der Waals surface area contributed by atoms with E-state index in [9.17, 15) is 4.79 Å². The quantitative estimate of drug-likeness (QED) is 0.766. The van der Waals surface area contributed by atoms with Gasteiger partial charge >= 0.3 is 6.09 Å². The Kier molecular flexibility index (Phi) is 3.47. The van der Waals surface area contributed by atoms with Gasteiger partial charge in [-0.2, -0.15) is 5.10 Å². The van der Waals surface area contributed by atoms with Gasteiger partial charge in [0.05, 0.1) is 5.52 Å². The number of hydrogen-bond donors (Lipinski definition) is 2. The van der Waals surface area contributed by atoms with Crippen molar-refractivity contribution in [3.8, 4) is 0 Å². The lowest BCUT2D eigenvalue weighted by Crippen LogP contribution is -2.27. The minimum absolute atomic E-state index is 0.462. The number of aromatic nitrogens is 2. The van der Waals surface area contributed by atoms with E-state index in [0.717, 1.165) is 14.6 Å². The van der Waals surface area contributed by atoms with Gasteiger partial charge in [0.15, 0.2) is 0 Å².